The molecule has 0 saturated carbocycles. The lowest BCUT2D eigenvalue weighted by Crippen LogP contribution is -2.26. The summed E-state index contributed by atoms with van der Waals surface area (Å²) in [6, 6.07) is 0. The number of aromatic nitrogens is 1. The molecule has 0 atom stereocenters. The molecule has 0 aliphatic carbocycles. The molecular formula is C12H21N5O2S. The monoisotopic (exact) mass is 299 g/mol. The predicted octanol–water partition coefficient (Wildman–Crippen LogP) is 0.931. The van der Waals surface area contributed by atoms with E-state index in [0.29, 0.717) is 23.0 Å². The van der Waals surface area contributed by atoms with Crippen molar-refractivity contribution in [2.45, 2.75) is 39.2 Å². The first-order chi connectivity index (χ1) is 9.19. The summed E-state index contributed by atoms with van der Waals surface area (Å²) in [6.07, 6.45) is 0.752. The Morgan fingerprint density at radius 2 is 2.00 bits per heavy atom. The highest BCUT2D eigenvalue weighted by Gasteiger charge is 2.18. The molecule has 0 unspecified atom stereocenters. The molecule has 2 amide bonds. The van der Waals surface area contributed by atoms with Crippen LogP contribution in [0.1, 0.15) is 43.3 Å². The predicted molar refractivity (Wildman–Crippen MR) is 80.7 cm³/mol. The van der Waals surface area contributed by atoms with Crippen LogP contribution in [0.3, 0.4) is 0 Å². The summed E-state index contributed by atoms with van der Waals surface area (Å²) in [5.74, 6) is -0.464. The fraction of sp³-hybridized carbons (Fsp3) is 0.583. The molecule has 0 aliphatic rings. The first-order valence-electron chi connectivity index (χ1n) is 6.30. The zero-order valence-electron chi connectivity index (χ0n) is 11.9. The molecule has 0 aromatic carbocycles. The van der Waals surface area contributed by atoms with E-state index in [4.69, 9.17) is 11.5 Å². The molecule has 0 spiro atoms. The van der Waals surface area contributed by atoms with Gasteiger partial charge in [-0.1, -0.05) is 11.3 Å². The number of hydrogen-bond acceptors (Lipinski definition) is 6. The van der Waals surface area contributed by atoms with Crippen LogP contribution in [-0.4, -0.2) is 28.9 Å². The number of anilines is 2. The van der Waals surface area contributed by atoms with Crippen molar-refractivity contribution in [3.8, 4) is 0 Å². The summed E-state index contributed by atoms with van der Waals surface area (Å²) in [6.45, 7) is 6.36. The Bertz CT molecular complexity index is 493. The third-order valence-electron chi connectivity index (χ3n) is 2.23. The number of thiazole rings is 1. The Morgan fingerprint density at radius 3 is 2.55 bits per heavy atom. The molecule has 7 nitrogen and oxygen atoms in total. The van der Waals surface area contributed by atoms with E-state index >= 15 is 0 Å². The van der Waals surface area contributed by atoms with Crippen molar-refractivity contribution in [1.29, 1.82) is 0 Å². The summed E-state index contributed by atoms with van der Waals surface area (Å²) in [7, 11) is 0. The number of nitrogens with two attached hydrogens (primary N) is 2. The SMILES string of the molecule is CC(C)(C)Nc1nc(N)c(C(=O)NCCCC(N)=O)s1. The van der Waals surface area contributed by atoms with Crippen LogP contribution < -0.4 is 22.1 Å². The average Bonchev–Trinajstić information content (AvgIpc) is 2.62. The first kappa shape index (κ1) is 16.2. The van der Waals surface area contributed by atoms with E-state index in [9.17, 15) is 9.59 Å². The standard InChI is InChI=1S/C12H21N5O2S/c1-12(2,3)17-11-16-9(14)8(20-11)10(19)15-6-4-5-7(13)18/h4-6,14H2,1-3H3,(H2,13,18)(H,15,19)(H,16,17). The van der Waals surface area contributed by atoms with Crippen LogP contribution >= 0.6 is 11.3 Å². The van der Waals surface area contributed by atoms with Gasteiger partial charge in [0.05, 0.1) is 0 Å². The van der Waals surface area contributed by atoms with Gasteiger partial charge in [0.2, 0.25) is 5.91 Å². The Kier molecular flexibility index (Phi) is 5.32. The third-order valence-corrected chi connectivity index (χ3v) is 3.21. The average molecular weight is 299 g/mol. The number of nitrogens with zero attached hydrogens (tertiary/aromatic N) is 1. The van der Waals surface area contributed by atoms with Gasteiger partial charge in [-0.3, -0.25) is 9.59 Å². The number of nitrogen functional groups attached to an aromatic ring is 1. The molecular weight excluding hydrogens is 278 g/mol. The number of nitrogens with one attached hydrogen (secondary N) is 2. The zero-order valence-corrected chi connectivity index (χ0v) is 12.8. The van der Waals surface area contributed by atoms with E-state index in [2.05, 4.69) is 15.6 Å². The van der Waals surface area contributed by atoms with E-state index < -0.39 is 0 Å². The topological polar surface area (TPSA) is 123 Å². The quantitative estimate of drug-likeness (QED) is 0.582. The third kappa shape index (κ3) is 5.43. The molecule has 112 valence electrons. The van der Waals surface area contributed by atoms with Gasteiger partial charge >= 0.3 is 0 Å². The lowest BCUT2D eigenvalue weighted by molar-refractivity contribution is -0.118. The number of amides is 2. The highest BCUT2D eigenvalue weighted by molar-refractivity contribution is 7.18. The maximum absolute atomic E-state index is 11.9. The first-order valence-corrected chi connectivity index (χ1v) is 7.11. The minimum absolute atomic E-state index is 0.153. The molecule has 0 saturated heterocycles. The number of carbonyl (C=O) groups is 2. The zero-order chi connectivity index (χ0) is 15.3. The van der Waals surface area contributed by atoms with Crippen molar-refractivity contribution in [3.63, 3.8) is 0 Å². The highest BCUT2D eigenvalue weighted by Crippen LogP contribution is 2.26. The van der Waals surface area contributed by atoms with Gasteiger partial charge in [-0.05, 0) is 27.2 Å². The molecule has 0 bridgehead atoms. The lowest BCUT2D eigenvalue weighted by atomic mass is 10.1. The molecule has 1 rings (SSSR count). The molecule has 8 heteroatoms. The van der Waals surface area contributed by atoms with Gasteiger partial charge in [0.1, 0.15) is 10.7 Å². The van der Waals surface area contributed by atoms with Crippen molar-refractivity contribution in [2.24, 2.45) is 5.73 Å². The second-order valence-corrected chi connectivity index (χ2v) is 6.43. The minimum Gasteiger partial charge on any atom is -0.382 e. The van der Waals surface area contributed by atoms with Gasteiger partial charge in [0, 0.05) is 18.5 Å². The summed E-state index contributed by atoms with van der Waals surface area (Å²) in [4.78, 5) is 27.0. The summed E-state index contributed by atoms with van der Waals surface area (Å²) >= 11 is 1.21. The summed E-state index contributed by atoms with van der Waals surface area (Å²) in [5, 5.41) is 6.46. The summed E-state index contributed by atoms with van der Waals surface area (Å²) in [5.41, 5.74) is 10.6. The molecule has 0 radical (unpaired) electrons. The maximum atomic E-state index is 11.9. The van der Waals surface area contributed by atoms with Crippen LogP contribution in [0.25, 0.3) is 0 Å². The second-order valence-electron chi connectivity index (χ2n) is 5.43. The van der Waals surface area contributed by atoms with Crippen molar-refractivity contribution in [2.75, 3.05) is 17.6 Å². The van der Waals surface area contributed by atoms with E-state index in [1.54, 1.807) is 0 Å². The number of rotatable bonds is 6. The van der Waals surface area contributed by atoms with Gasteiger partial charge in [-0.2, -0.15) is 0 Å². The van der Waals surface area contributed by atoms with Crippen LogP contribution in [0, 0.1) is 0 Å². The highest BCUT2D eigenvalue weighted by atomic mass is 32.1. The van der Waals surface area contributed by atoms with Crippen molar-refractivity contribution in [1.82, 2.24) is 10.3 Å². The van der Waals surface area contributed by atoms with E-state index in [0.717, 1.165) is 0 Å². The molecule has 1 aromatic rings. The van der Waals surface area contributed by atoms with Gasteiger partial charge in [0.15, 0.2) is 5.13 Å². The van der Waals surface area contributed by atoms with Crippen molar-refractivity contribution >= 4 is 34.1 Å². The molecule has 0 fully saturated rings. The smallest absolute Gasteiger partial charge is 0.265 e. The lowest BCUT2D eigenvalue weighted by Gasteiger charge is -2.19. The van der Waals surface area contributed by atoms with Crippen molar-refractivity contribution in [3.05, 3.63) is 4.88 Å². The van der Waals surface area contributed by atoms with Crippen LogP contribution in [0.4, 0.5) is 10.9 Å². The fourth-order valence-electron chi connectivity index (χ4n) is 1.41. The second kappa shape index (κ2) is 6.56. The molecule has 0 aliphatic heterocycles. The Hall–Kier alpha value is -1.83. The van der Waals surface area contributed by atoms with Gasteiger partial charge < -0.3 is 22.1 Å². The van der Waals surface area contributed by atoms with Crippen LogP contribution in [-0.2, 0) is 4.79 Å². The largest absolute Gasteiger partial charge is 0.382 e. The molecule has 1 heterocycles. The number of carbonyl (C=O) groups excluding carboxylic acids is 2. The van der Waals surface area contributed by atoms with E-state index in [1.165, 1.54) is 11.3 Å². The Balaban J connectivity index is 2.58. The Labute approximate surface area is 122 Å². The molecule has 20 heavy (non-hydrogen) atoms. The number of primary amides is 1. The van der Waals surface area contributed by atoms with E-state index in [1.807, 2.05) is 20.8 Å². The molecule has 1 aromatic heterocycles. The van der Waals surface area contributed by atoms with Gasteiger partial charge in [0.25, 0.3) is 5.91 Å². The Morgan fingerprint density at radius 1 is 1.35 bits per heavy atom. The maximum Gasteiger partial charge on any atom is 0.265 e. The van der Waals surface area contributed by atoms with Crippen LogP contribution in [0.15, 0.2) is 0 Å². The fourth-order valence-corrected chi connectivity index (χ4v) is 2.42. The molecule has 6 N–H and O–H groups in total. The number of hydrogen-bond donors (Lipinski definition) is 4. The van der Waals surface area contributed by atoms with Gasteiger partial charge in [-0.25, -0.2) is 4.98 Å². The minimum atomic E-state index is -0.381. The summed E-state index contributed by atoms with van der Waals surface area (Å²) < 4.78 is 0. The normalized spacial score (nSPS) is 11.2. The van der Waals surface area contributed by atoms with E-state index in [-0.39, 0.29) is 29.6 Å². The van der Waals surface area contributed by atoms with Crippen LogP contribution in [0.2, 0.25) is 0 Å². The van der Waals surface area contributed by atoms with Gasteiger partial charge in [-0.15, -0.1) is 0 Å². The van der Waals surface area contributed by atoms with Crippen molar-refractivity contribution < 1.29 is 9.59 Å². The van der Waals surface area contributed by atoms with Crippen LogP contribution in [0.5, 0.6) is 0 Å².